The van der Waals surface area contributed by atoms with Gasteiger partial charge in [-0.25, -0.2) is 9.59 Å². The third-order valence-corrected chi connectivity index (χ3v) is 4.49. The summed E-state index contributed by atoms with van der Waals surface area (Å²) in [7, 11) is 0. The van der Waals surface area contributed by atoms with Crippen LogP contribution in [0.3, 0.4) is 0 Å². The molecule has 0 saturated heterocycles. The van der Waals surface area contributed by atoms with E-state index in [0.29, 0.717) is 16.5 Å². The fourth-order valence-electron chi connectivity index (χ4n) is 3.16. The average Bonchev–Trinajstić information content (AvgIpc) is 2.64. The number of aryl methyl sites for hydroxylation is 1. The summed E-state index contributed by atoms with van der Waals surface area (Å²) in [5.74, 6) is -0.598. The Kier molecular flexibility index (Phi) is 5.96. The van der Waals surface area contributed by atoms with E-state index in [1.54, 1.807) is 6.07 Å². The number of ether oxygens (including phenoxy) is 2. The molecule has 0 radical (unpaired) electrons. The van der Waals surface area contributed by atoms with E-state index in [0.717, 1.165) is 11.1 Å². The third kappa shape index (κ3) is 4.80. The van der Waals surface area contributed by atoms with Crippen LogP contribution in [-0.2, 0) is 11.3 Å². The van der Waals surface area contributed by atoms with Crippen molar-refractivity contribution in [1.82, 2.24) is 0 Å². The second-order valence-corrected chi connectivity index (χ2v) is 6.93. The summed E-state index contributed by atoms with van der Waals surface area (Å²) in [6, 6.07) is 10.3. The lowest BCUT2D eigenvalue weighted by atomic mass is 9.95. The van der Waals surface area contributed by atoms with Gasteiger partial charge in [-0.3, -0.25) is 0 Å². The van der Waals surface area contributed by atoms with E-state index in [4.69, 9.17) is 9.15 Å². The van der Waals surface area contributed by atoms with Crippen molar-refractivity contribution in [1.29, 1.82) is 0 Å². The summed E-state index contributed by atoms with van der Waals surface area (Å²) in [5.41, 5.74) is 2.53. The molecule has 2 aromatic carbocycles. The lowest BCUT2D eigenvalue weighted by molar-refractivity contribution is -0.0499. The van der Waals surface area contributed by atoms with Crippen LogP contribution in [0.5, 0.6) is 5.75 Å². The molecule has 3 rings (SSSR count). The highest BCUT2D eigenvalue weighted by atomic mass is 19.3. The van der Waals surface area contributed by atoms with Gasteiger partial charge in [0, 0.05) is 17.0 Å². The molecule has 0 N–H and O–H groups in total. The Balaban J connectivity index is 1.87. The molecule has 0 fully saturated rings. The number of esters is 1. The van der Waals surface area contributed by atoms with E-state index in [9.17, 15) is 18.4 Å². The van der Waals surface area contributed by atoms with Gasteiger partial charge in [0.25, 0.3) is 0 Å². The quantitative estimate of drug-likeness (QED) is 0.420. The van der Waals surface area contributed by atoms with E-state index in [2.05, 4.69) is 18.6 Å². The molecule has 0 unspecified atom stereocenters. The molecule has 0 amide bonds. The number of hydrogen-bond donors (Lipinski definition) is 0. The van der Waals surface area contributed by atoms with Crippen LogP contribution >= 0.6 is 0 Å². The van der Waals surface area contributed by atoms with Crippen LogP contribution in [0.1, 0.15) is 46.8 Å². The van der Waals surface area contributed by atoms with Gasteiger partial charge in [-0.05, 0) is 54.3 Å². The zero-order valence-electron chi connectivity index (χ0n) is 16.2. The first-order valence-corrected chi connectivity index (χ1v) is 9.04. The minimum Gasteiger partial charge on any atom is -0.457 e. The lowest BCUT2D eigenvalue weighted by Gasteiger charge is -2.13. The molecule has 0 spiro atoms. The topological polar surface area (TPSA) is 65.7 Å². The first-order valence-electron chi connectivity index (χ1n) is 9.04. The summed E-state index contributed by atoms with van der Waals surface area (Å²) in [4.78, 5) is 24.2. The van der Waals surface area contributed by atoms with Gasteiger partial charge in [0.15, 0.2) is 0 Å². The lowest BCUT2D eigenvalue weighted by Crippen LogP contribution is -2.09. The number of carbonyl (C=O) groups is 1. The van der Waals surface area contributed by atoms with E-state index >= 15 is 0 Å². The Hall–Kier alpha value is -3.22. The van der Waals surface area contributed by atoms with Crippen molar-refractivity contribution in [3.8, 4) is 5.75 Å². The fourth-order valence-corrected chi connectivity index (χ4v) is 3.16. The molecule has 0 atom stereocenters. The Morgan fingerprint density at radius 1 is 1.14 bits per heavy atom. The van der Waals surface area contributed by atoms with Crippen LogP contribution in [0.25, 0.3) is 11.0 Å². The molecule has 3 aromatic rings. The molecular formula is C22H20F2O5. The van der Waals surface area contributed by atoms with Crippen molar-refractivity contribution < 1.29 is 27.5 Å². The van der Waals surface area contributed by atoms with Crippen LogP contribution in [0.4, 0.5) is 8.78 Å². The Morgan fingerprint density at radius 2 is 1.90 bits per heavy atom. The number of fused-ring (bicyclic) bond motifs is 1. The molecule has 0 aliphatic rings. The van der Waals surface area contributed by atoms with Crippen LogP contribution in [0.2, 0.25) is 0 Å². The first-order chi connectivity index (χ1) is 13.7. The smallest absolute Gasteiger partial charge is 0.387 e. The zero-order chi connectivity index (χ0) is 21.1. The number of carbonyl (C=O) groups excluding carboxylic acids is 1. The molecule has 0 aliphatic carbocycles. The minimum absolute atomic E-state index is 0.0640. The molecule has 152 valence electrons. The van der Waals surface area contributed by atoms with Gasteiger partial charge < -0.3 is 13.9 Å². The maximum absolute atomic E-state index is 12.3. The van der Waals surface area contributed by atoms with Gasteiger partial charge in [-0.15, -0.1) is 0 Å². The molecule has 7 heteroatoms. The largest absolute Gasteiger partial charge is 0.457 e. The Labute approximate surface area is 165 Å². The average molecular weight is 402 g/mol. The molecule has 0 bridgehead atoms. The SMILES string of the molecule is Cc1cc2oc(=O)cc(COC(=O)c3cccc(OC(F)F)c3)c2cc1C(C)C. The second-order valence-electron chi connectivity index (χ2n) is 6.93. The van der Waals surface area contributed by atoms with Gasteiger partial charge in [0.2, 0.25) is 0 Å². The molecule has 1 aromatic heterocycles. The van der Waals surface area contributed by atoms with Crippen molar-refractivity contribution in [2.75, 3.05) is 0 Å². The number of alkyl halides is 2. The van der Waals surface area contributed by atoms with Gasteiger partial charge in [0.05, 0.1) is 5.56 Å². The summed E-state index contributed by atoms with van der Waals surface area (Å²) in [6.07, 6.45) is 0. The summed E-state index contributed by atoms with van der Waals surface area (Å²) in [5, 5.41) is 0.682. The number of hydrogen-bond acceptors (Lipinski definition) is 5. The highest BCUT2D eigenvalue weighted by molar-refractivity contribution is 5.90. The predicted molar refractivity (Wildman–Crippen MR) is 104 cm³/mol. The summed E-state index contributed by atoms with van der Waals surface area (Å²) in [6.45, 7) is 2.90. The van der Waals surface area contributed by atoms with Crippen molar-refractivity contribution in [3.05, 3.63) is 75.1 Å². The van der Waals surface area contributed by atoms with E-state index in [1.807, 2.05) is 13.0 Å². The summed E-state index contributed by atoms with van der Waals surface area (Å²) >= 11 is 0. The first kappa shape index (κ1) is 20.5. The van der Waals surface area contributed by atoms with Gasteiger partial charge in [-0.1, -0.05) is 19.9 Å². The van der Waals surface area contributed by atoms with E-state index < -0.39 is 18.2 Å². The monoisotopic (exact) mass is 402 g/mol. The number of halogens is 2. The molecule has 0 aliphatic heterocycles. The Bertz CT molecular complexity index is 1100. The Morgan fingerprint density at radius 3 is 2.59 bits per heavy atom. The minimum atomic E-state index is -2.99. The number of benzene rings is 2. The number of rotatable bonds is 6. The molecule has 1 heterocycles. The van der Waals surface area contributed by atoms with Crippen molar-refractivity contribution in [2.24, 2.45) is 0 Å². The van der Waals surface area contributed by atoms with Crippen molar-refractivity contribution in [2.45, 2.75) is 39.9 Å². The molecule has 5 nitrogen and oxygen atoms in total. The molecular weight excluding hydrogens is 382 g/mol. The maximum Gasteiger partial charge on any atom is 0.387 e. The predicted octanol–water partition coefficient (Wildman–Crippen LogP) is 5.18. The standard InChI is InChI=1S/C22H20F2O5/c1-12(2)17-10-18-15(9-20(25)29-19(18)7-13(17)3)11-27-21(26)14-5-4-6-16(8-14)28-22(23)24/h4-10,12,22H,11H2,1-3H3. The van der Waals surface area contributed by atoms with Crippen molar-refractivity contribution >= 4 is 16.9 Å². The molecule has 29 heavy (non-hydrogen) atoms. The van der Waals surface area contributed by atoms with Crippen molar-refractivity contribution in [3.63, 3.8) is 0 Å². The van der Waals surface area contributed by atoms with Gasteiger partial charge in [0.1, 0.15) is 17.9 Å². The second kappa shape index (κ2) is 8.43. The highest BCUT2D eigenvalue weighted by Gasteiger charge is 2.15. The van der Waals surface area contributed by atoms with Crippen LogP contribution in [0, 0.1) is 6.92 Å². The normalized spacial score (nSPS) is 11.3. The van der Waals surface area contributed by atoms with Gasteiger partial charge >= 0.3 is 18.2 Å². The third-order valence-electron chi connectivity index (χ3n) is 4.49. The summed E-state index contributed by atoms with van der Waals surface area (Å²) < 4.78 is 39.6. The van der Waals surface area contributed by atoms with Crippen LogP contribution < -0.4 is 10.4 Å². The van der Waals surface area contributed by atoms with E-state index in [1.165, 1.54) is 30.3 Å². The zero-order valence-corrected chi connectivity index (χ0v) is 16.2. The fraction of sp³-hybridized carbons (Fsp3) is 0.273. The van der Waals surface area contributed by atoms with E-state index in [-0.39, 0.29) is 23.8 Å². The maximum atomic E-state index is 12.3. The van der Waals surface area contributed by atoms with Crippen LogP contribution in [0.15, 0.2) is 51.7 Å². The molecule has 0 saturated carbocycles. The van der Waals surface area contributed by atoms with Crippen LogP contribution in [-0.4, -0.2) is 12.6 Å². The highest BCUT2D eigenvalue weighted by Crippen LogP contribution is 2.27. The van der Waals surface area contributed by atoms with Gasteiger partial charge in [-0.2, -0.15) is 8.78 Å².